The summed E-state index contributed by atoms with van der Waals surface area (Å²) in [5.41, 5.74) is 3.04. The van der Waals surface area contributed by atoms with Gasteiger partial charge in [-0.2, -0.15) is 0 Å². The van der Waals surface area contributed by atoms with Gasteiger partial charge in [-0.1, -0.05) is 35.3 Å². The summed E-state index contributed by atoms with van der Waals surface area (Å²) in [6.07, 6.45) is 3.58. The van der Waals surface area contributed by atoms with Crippen LogP contribution in [0.1, 0.15) is 16.7 Å². The van der Waals surface area contributed by atoms with Crippen molar-refractivity contribution in [3.63, 3.8) is 0 Å². The summed E-state index contributed by atoms with van der Waals surface area (Å²) in [6, 6.07) is 15.2. The quantitative estimate of drug-likeness (QED) is 0.490. The molecule has 7 heteroatoms. The first kappa shape index (κ1) is 22.3. The number of nitrogens with one attached hydrogen (secondary N) is 1. The predicted molar refractivity (Wildman–Crippen MR) is 116 cm³/mol. The van der Waals surface area contributed by atoms with Crippen molar-refractivity contribution < 1.29 is 9.47 Å². The summed E-state index contributed by atoms with van der Waals surface area (Å²) >= 11 is 12.4. The van der Waals surface area contributed by atoms with E-state index in [1.165, 1.54) is 5.56 Å². The molecule has 0 saturated carbocycles. The van der Waals surface area contributed by atoms with Crippen molar-refractivity contribution in [2.24, 2.45) is 0 Å². The first-order valence-corrected chi connectivity index (χ1v) is 9.25. The second-order valence-electron chi connectivity index (χ2n) is 5.93. The van der Waals surface area contributed by atoms with Crippen LogP contribution < -0.4 is 14.8 Å². The van der Waals surface area contributed by atoms with Crippen LogP contribution in [0.4, 0.5) is 0 Å². The molecule has 1 N–H and O–H groups in total. The lowest BCUT2D eigenvalue weighted by molar-refractivity contribution is 0.284. The van der Waals surface area contributed by atoms with E-state index in [1.54, 1.807) is 31.6 Å². The maximum Gasteiger partial charge on any atom is 0.161 e. The highest BCUT2D eigenvalue weighted by Crippen LogP contribution is 2.31. The summed E-state index contributed by atoms with van der Waals surface area (Å²) in [5.74, 6) is 1.31. The molecule has 1 heterocycles. The molecule has 0 aliphatic carbocycles. The molecule has 0 amide bonds. The van der Waals surface area contributed by atoms with Crippen LogP contribution in [0.5, 0.6) is 11.5 Å². The van der Waals surface area contributed by atoms with Gasteiger partial charge in [-0.15, -0.1) is 12.4 Å². The number of pyridine rings is 1. The number of ether oxygens (including phenoxy) is 2. The summed E-state index contributed by atoms with van der Waals surface area (Å²) in [6.45, 7) is 1.76. The fourth-order valence-corrected chi connectivity index (χ4v) is 3.12. The first-order chi connectivity index (χ1) is 13.2. The molecule has 0 fully saturated rings. The van der Waals surface area contributed by atoms with E-state index < -0.39 is 0 Å². The Morgan fingerprint density at radius 2 is 1.57 bits per heavy atom. The van der Waals surface area contributed by atoms with E-state index in [1.807, 2.05) is 36.4 Å². The number of aromatic nitrogens is 1. The minimum atomic E-state index is 0. The SMILES string of the molecule is COc1cc(CNCc2ccncc2)ccc1OCc1c(Cl)cccc1Cl.Cl. The Morgan fingerprint density at radius 3 is 2.25 bits per heavy atom. The Morgan fingerprint density at radius 1 is 0.893 bits per heavy atom. The number of rotatable bonds is 8. The fourth-order valence-electron chi connectivity index (χ4n) is 2.61. The van der Waals surface area contributed by atoms with Crippen LogP contribution in [0, 0.1) is 0 Å². The van der Waals surface area contributed by atoms with Crippen molar-refractivity contribution in [3.05, 3.63) is 87.7 Å². The molecule has 2 aromatic carbocycles. The molecule has 0 atom stereocenters. The Labute approximate surface area is 181 Å². The molecule has 0 radical (unpaired) electrons. The molecule has 28 heavy (non-hydrogen) atoms. The van der Waals surface area contributed by atoms with Crippen molar-refractivity contribution in [2.75, 3.05) is 7.11 Å². The average molecular weight is 440 g/mol. The molecule has 1 aromatic heterocycles. The lowest BCUT2D eigenvalue weighted by Crippen LogP contribution is -2.12. The molecule has 0 saturated heterocycles. The van der Waals surface area contributed by atoms with Crippen molar-refractivity contribution in [2.45, 2.75) is 19.7 Å². The van der Waals surface area contributed by atoms with Gasteiger partial charge >= 0.3 is 0 Å². The van der Waals surface area contributed by atoms with Crippen LogP contribution in [-0.4, -0.2) is 12.1 Å². The van der Waals surface area contributed by atoms with E-state index >= 15 is 0 Å². The normalized spacial score (nSPS) is 10.2. The van der Waals surface area contributed by atoms with Gasteiger partial charge in [0.05, 0.1) is 7.11 Å². The van der Waals surface area contributed by atoms with Gasteiger partial charge in [0, 0.05) is 41.1 Å². The van der Waals surface area contributed by atoms with Crippen LogP contribution in [0.3, 0.4) is 0 Å². The van der Waals surface area contributed by atoms with Crippen molar-refractivity contribution in [1.29, 1.82) is 0 Å². The van der Waals surface area contributed by atoms with Gasteiger partial charge in [0.2, 0.25) is 0 Å². The smallest absolute Gasteiger partial charge is 0.161 e. The highest BCUT2D eigenvalue weighted by atomic mass is 35.5. The van der Waals surface area contributed by atoms with Crippen molar-refractivity contribution in [1.82, 2.24) is 10.3 Å². The van der Waals surface area contributed by atoms with Crippen LogP contribution in [0.25, 0.3) is 0 Å². The van der Waals surface area contributed by atoms with Gasteiger partial charge in [0.15, 0.2) is 11.5 Å². The lowest BCUT2D eigenvalue weighted by atomic mass is 10.2. The van der Waals surface area contributed by atoms with E-state index in [0.29, 0.717) is 21.5 Å². The average Bonchev–Trinajstić information content (AvgIpc) is 2.69. The molecule has 3 aromatic rings. The summed E-state index contributed by atoms with van der Waals surface area (Å²) in [5, 5.41) is 4.57. The molecular formula is C21H21Cl3N2O2. The fraction of sp³-hybridized carbons (Fsp3) is 0.190. The molecule has 0 aliphatic rings. The van der Waals surface area contributed by atoms with Gasteiger partial charge in [-0.05, 0) is 47.5 Å². The van der Waals surface area contributed by atoms with Crippen molar-refractivity contribution in [3.8, 4) is 11.5 Å². The molecule has 4 nitrogen and oxygen atoms in total. The third-order valence-electron chi connectivity index (χ3n) is 4.07. The van der Waals surface area contributed by atoms with E-state index in [2.05, 4.69) is 10.3 Å². The number of methoxy groups -OCH3 is 1. The number of hydrogen-bond donors (Lipinski definition) is 1. The van der Waals surface area contributed by atoms with Gasteiger partial charge in [-0.25, -0.2) is 0 Å². The van der Waals surface area contributed by atoms with Crippen LogP contribution >= 0.6 is 35.6 Å². The molecule has 0 spiro atoms. The highest BCUT2D eigenvalue weighted by molar-refractivity contribution is 6.35. The van der Waals surface area contributed by atoms with Crippen LogP contribution in [0.2, 0.25) is 10.0 Å². The van der Waals surface area contributed by atoms with Gasteiger partial charge in [-0.3, -0.25) is 4.98 Å². The lowest BCUT2D eigenvalue weighted by Gasteiger charge is -2.14. The molecule has 148 valence electrons. The maximum absolute atomic E-state index is 6.19. The Balaban J connectivity index is 0.00000280. The molecule has 3 rings (SSSR count). The predicted octanol–water partition coefficient (Wildman–Crippen LogP) is 5.69. The van der Waals surface area contributed by atoms with E-state index in [-0.39, 0.29) is 19.0 Å². The Hall–Kier alpha value is -1.98. The molecule has 0 unspecified atom stereocenters. The maximum atomic E-state index is 6.19. The number of halogens is 3. The number of benzene rings is 2. The summed E-state index contributed by atoms with van der Waals surface area (Å²) < 4.78 is 11.4. The second kappa shape index (κ2) is 11.1. The van der Waals surface area contributed by atoms with Gasteiger partial charge < -0.3 is 14.8 Å². The van der Waals surface area contributed by atoms with Crippen LogP contribution in [-0.2, 0) is 19.7 Å². The zero-order valence-electron chi connectivity index (χ0n) is 15.3. The van der Waals surface area contributed by atoms with E-state index in [4.69, 9.17) is 32.7 Å². The topological polar surface area (TPSA) is 43.4 Å². The second-order valence-corrected chi connectivity index (χ2v) is 6.75. The van der Waals surface area contributed by atoms with E-state index in [9.17, 15) is 0 Å². The Kier molecular flexibility index (Phi) is 8.87. The summed E-state index contributed by atoms with van der Waals surface area (Å²) in [7, 11) is 1.62. The summed E-state index contributed by atoms with van der Waals surface area (Å²) in [4.78, 5) is 4.02. The van der Waals surface area contributed by atoms with E-state index in [0.717, 1.165) is 24.2 Å². The third kappa shape index (κ3) is 6.01. The minimum Gasteiger partial charge on any atom is -0.493 e. The van der Waals surface area contributed by atoms with Crippen molar-refractivity contribution >= 4 is 35.6 Å². The molecule has 0 bridgehead atoms. The highest BCUT2D eigenvalue weighted by Gasteiger charge is 2.10. The van der Waals surface area contributed by atoms with Gasteiger partial charge in [0.25, 0.3) is 0 Å². The third-order valence-corrected chi connectivity index (χ3v) is 4.78. The number of hydrogen-bond acceptors (Lipinski definition) is 4. The number of nitrogens with zero attached hydrogens (tertiary/aromatic N) is 1. The standard InChI is InChI=1S/C21H20Cl2N2O2.ClH/c1-26-21-11-16(13-25-12-15-7-9-24-10-8-15)5-6-20(21)27-14-17-18(22)3-2-4-19(17)23;/h2-11,25H,12-14H2,1H3;1H. The van der Waals surface area contributed by atoms with Crippen LogP contribution in [0.15, 0.2) is 60.9 Å². The Bertz CT molecular complexity index is 872. The largest absolute Gasteiger partial charge is 0.493 e. The van der Waals surface area contributed by atoms with Gasteiger partial charge in [0.1, 0.15) is 6.61 Å². The zero-order valence-corrected chi connectivity index (χ0v) is 17.7. The molecular weight excluding hydrogens is 419 g/mol. The zero-order chi connectivity index (χ0) is 19.1. The monoisotopic (exact) mass is 438 g/mol. The first-order valence-electron chi connectivity index (χ1n) is 8.49. The molecule has 0 aliphatic heterocycles. The minimum absolute atomic E-state index is 0.